The number of nitrogens with zero attached hydrogens (tertiary/aromatic N) is 2. The zero-order valence-electron chi connectivity index (χ0n) is 6.67. The summed E-state index contributed by atoms with van der Waals surface area (Å²) in [4.78, 5) is 18.3. The first kappa shape index (κ1) is 8.93. The number of hydrogen-bond donors (Lipinski definition) is 0. The van der Waals surface area contributed by atoms with Crippen molar-refractivity contribution in [3.8, 4) is 5.75 Å². The van der Waals surface area contributed by atoms with Crippen LogP contribution in [0.25, 0.3) is 0 Å². The number of carbonyl (C=O) groups is 1. The molecule has 64 valence electrons. The molecule has 1 heterocycles. The molecule has 0 aliphatic rings. The third kappa shape index (κ3) is 1.71. The molecule has 0 fully saturated rings. The minimum Gasteiger partial charge on any atom is -0.493 e. The van der Waals surface area contributed by atoms with E-state index < -0.39 is 0 Å². The molecule has 0 amide bonds. The Morgan fingerprint density at radius 1 is 1.67 bits per heavy atom. The van der Waals surface area contributed by atoms with Crippen LogP contribution in [-0.4, -0.2) is 22.9 Å². The monoisotopic (exact) mass is 186 g/mol. The van der Waals surface area contributed by atoms with E-state index in [0.29, 0.717) is 5.75 Å². The van der Waals surface area contributed by atoms with Gasteiger partial charge in [-0.3, -0.25) is 4.79 Å². The molecule has 0 saturated carbocycles. The lowest BCUT2D eigenvalue weighted by atomic mass is 10.3. The fourth-order valence-corrected chi connectivity index (χ4v) is 0.884. The molecule has 0 spiro atoms. The van der Waals surface area contributed by atoms with Gasteiger partial charge in [-0.25, -0.2) is 9.97 Å². The van der Waals surface area contributed by atoms with Crippen LogP contribution in [0.4, 0.5) is 0 Å². The van der Waals surface area contributed by atoms with E-state index in [0.717, 1.165) is 0 Å². The van der Waals surface area contributed by atoms with Gasteiger partial charge in [0.1, 0.15) is 0 Å². The molecule has 1 rings (SSSR count). The normalized spacial score (nSPS) is 9.58. The predicted octanol–water partition coefficient (Wildman–Crippen LogP) is 1.34. The summed E-state index contributed by atoms with van der Waals surface area (Å²) in [5, 5.41) is 0.0426. The maximum atomic E-state index is 10.9. The van der Waals surface area contributed by atoms with E-state index in [1.165, 1.54) is 20.2 Å². The Bertz CT molecular complexity index is 314. The van der Waals surface area contributed by atoms with E-state index in [1.807, 2.05) is 0 Å². The third-order valence-electron chi connectivity index (χ3n) is 1.28. The Morgan fingerprint density at radius 3 is 2.83 bits per heavy atom. The van der Waals surface area contributed by atoms with Crippen molar-refractivity contribution in [2.24, 2.45) is 0 Å². The molecule has 12 heavy (non-hydrogen) atoms. The molecule has 0 N–H and O–H groups in total. The van der Waals surface area contributed by atoms with Gasteiger partial charge in [-0.05, 0) is 11.6 Å². The fourth-order valence-electron chi connectivity index (χ4n) is 0.751. The van der Waals surface area contributed by atoms with Crippen molar-refractivity contribution >= 4 is 17.4 Å². The number of methoxy groups -OCH3 is 1. The molecule has 0 aromatic carbocycles. The van der Waals surface area contributed by atoms with E-state index in [-0.39, 0.29) is 16.8 Å². The molecular weight excluding hydrogens is 180 g/mol. The highest BCUT2D eigenvalue weighted by molar-refractivity contribution is 6.28. The van der Waals surface area contributed by atoms with Gasteiger partial charge in [0.2, 0.25) is 5.28 Å². The molecule has 0 bridgehead atoms. The van der Waals surface area contributed by atoms with Crippen molar-refractivity contribution in [1.82, 2.24) is 9.97 Å². The van der Waals surface area contributed by atoms with Gasteiger partial charge in [0.25, 0.3) is 0 Å². The molecule has 0 aliphatic heterocycles. The average molecular weight is 187 g/mol. The summed E-state index contributed by atoms with van der Waals surface area (Å²) >= 11 is 5.49. The van der Waals surface area contributed by atoms with E-state index in [9.17, 15) is 4.79 Å². The van der Waals surface area contributed by atoms with Crippen LogP contribution in [0, 0.1) is 0 Å². The van der Waals surface area contributed by atoms with Crippen molar-refractivity contribution in [3.63, 3.8) is 0 Å². The van der Waals surface area contributed by atoms with Crippen LogP contribution in [0.3, 0.4) is 0 Å². The summed E-state index contributed by atoms with van der Waals surface area (Å²) in [7, 11) is 1.44. The second-order valence-corrected chi connectivity index (χ2v) is 2.45. The predicted molar refractivity (Wildman–Crippen MR) is 43.6 cm³/mol. The van der Waals surface area contributed by atoms with Crippen molar-refractivity contribution in [2.75, 3.05) is 7.11 Å². The van der Waals surface area contributed by atoms with Crippen molar-refractivity contribution < 1.29 is 9.53 Å². The first-order chi connectivity index (χ1) is 5.65. The molecule has 5 heteroatoms. The standard InChI is InChI=1S/C7H7ClN2O2/c1-4(11)6-5(12-2)3-9-7(8)10-6/h3H,1-2H3. The fraction of sp³-hybridized carbons (Fsp3) is 0.286. The summed E-state index contributed by atoms with van der Waals surface area (Å²) in [5.41, 5.74) is 0.206. The molecule has 1 aromatic heterocycles. The molecule has 0 unspecified atom stereocenters. The second kappa shape index (κ2) is 3.49. The maximum Gasteiger partial charge on any atom is 0.223 e. The maximum absolute atomic E-state index is 10.9. The number of hydrogen-bond acceptors (Lipinski definition) is 4. The molecule has 1 aromatic rings. The van der Waals surface area contributed by atoms with Gasteiger partial charge in [-0.2, -0.15) is 0 Å². The van der Waals surface area contributed by atoms with E-state index in [1.54, 1.807) is 0 Å². The molecular formula is C7H7ClN2O2. The molecule has 0 saturated heterocycles. The molecule has 4 nitrogen and oxygen atoms in total. The van der Waals surface area contributed by atoms with Gasteiger partial charge in [-0.1, -0.05) is 0 Å². The third-order valence-corrected chi connectivity index (χ3v) is 1.46. The summed E-state index contributed by atoms with van der Waals surface area (Å²) in [6, 6.07) is 0. The number of halogens is 1. The largest absolute Gasteiger partial charge is 0.493 e. The Morgan fingerprint density at radius 2 is 2.33 bits per heavy atom. The summed E-state index contributed by atoms with van der Waals surface area (Å²) in [6.45, 7) is 1.39. The Labute approximate surface area is 74.5 Å². The first-order valence-corrected chi connectivity index (χ1v) is 3.60. The summed E-state index contributed by atoms with van der Waals surface area (Å²) < 4.78 is 4.86. The van der Waals surface area contributed by atoms with Crippen LogP contribution in [0.5, 0.6) is 5.75 Å². The SMILES string of the molecule is COc1cnc(Cl)nc1C(C)=O. The number of carbonyl (C=O) groups excluding carboxylic acids is 1. The van der Waals surface area contributed by atoms with Gasteiger partial charge < -0.3 is 4.74 Å². The minimum atomic E-state index is -0.198. The van der Waals surface area contributed by atoms with Gasteiger partial charge in [-0.15, -0.1) is 0 Å². The van der Waals surface area contributed by atoms with E-state index in [2.05, 4.69) is 9.97 Å². The van der Waals surface area contributed by atoms with Crippen LogP contribution in [0.1, 0.15) is 17.4 Å². The Hall–Kier alpha value is -1.16. The lowest BCUT2D eigenvalue weighted by Crippen LogP contribution is -2.02. The number of rotatable bonds is 2. The highest BCUT2D eigenvalue weighted by atomic mass is 35.5. The summed E-state index contributed by atoms with van der Waals surface area (Å²) in [5.74, 6) is 0.142. The number of ether oxygens (including phenoxy) is 1. The van der Waals surface area contributed by atoms with Gasteiger partial charge >= 0.3 is 0 Å². The highest BCUT2D eigenvalue weighted by Gasteiger charge is 2.10. The van der Waals surface area contributed by atoms with Crippen molar-refractivity contribution in [1.29, 1.82) is 0 Å². The van der Waals surface area contributed by atoms with Crippen LogP contribution in [0.2, 0.25) is 5.28 Å². The lowest BCUT2D eigenvalue weighted by molar-refractivity contribution is 0.100. The molecule has 0 aliphatic carbocycles. The van der Waals surface area contributed by atoms with Crippen molar-refractivity contribution in [3.05, 3.63) is 17.2 Å². The zero-order chi connectivity index (χ0) is 9.14. The number of aromatic nitrogens is 2. The summed E-state index contributed by atoms with van der Waals surface area (Å²) in [6.07, 6.45) is 1.37. The van der Waals surface area contributed by atoms with Crippen LogP contribution >= 0.6 is 11.6 Å². The van der Waals surface area contributed by atoms with E-state index >= 15 is 0 Å². The van der Waals surface area contributed by atoms with Crippen LogP contribution < -0.4 is 4.74 Å². The number of ketones is 1. The van der Waals surface area contributed by atoms with Crippen molar-refractivity contribution in [2.45, 2.75) is 6.92 Å². The Kier molecular flexibility index (Phi) is 2.60. The van der Waals surface area contributed by atoms with Gasteiger partial charge in [0.15, 0.2) is 17.2 Å². The average Bonchev–Trinajstić information content (AvgIpc) is 2.04. The quantitative estimate of drug-likeness (QED) is 0.517. The topological polar surface area (TPSA) is 52.1 Å². The van der Waals surface area contributed by atoms with Crippen LogP contribution in [0.15, 0.2) is 6.20 Å². The van der Waals surface area contributed by atoms with Gasteiger partial charge in [0, 0.05) is 6.92 Å². The second-order valence-electron chi connectivity index (χ2n) is 2.11. The van der Waals surface area contributed by atoms with Gasteiger partial charge in [0.05, 0.1) is 13.3 Å². The number of Topliss-reactive ketones (excluding diaryl/α,β-unsaturated/α-hetero) is 1. The van der Waals surface area contributed by atoms with Crippen LogP contribution in [-0.2, 0) is 0 Å². The Balaban J connectivity index is 3.21. The smallest absolute Gasteiger partial charge is 0.223 e. The van der Waals surface area contributed by atoms with E-state index in [4.69, 9.17) is 16.3 Å². The molecule has 0 radical (unpaired) electrons. The zero-order valence-corrected chi connectivity index (χ0v) is 7.42. The minimum absolute atomic E-state index is 0.0426. The molecule has 0 atom stereocenters. The highest BCUT2D eigenvalue weighted by Crippen LogP contribution is 2.16. The lowest BCUT2D eigenvalue weighted by Gasteiger charge is -2.02. The first-order valence-electron chi connectivity index (χ1n) is 3.22.